The summed E-state index contributed by atoms with van der Waals surface area (Å²) in [6.07, 6.45) is 17.1. The highest BCUT2D eigenvalue weighted by Crippen LogP contribution is 2.22. The molecule has 1 aromatic heterocycles. The fraction of sp³-hybridized carbons (Fsp3) is 0.556. The zero-order valence-corrected chi connectivity index (χ0v) is 19.0. The maximum Gasteiger partial charge on any atom is 0.311 e. The van der Waals surface area contributed by atoms with Gasteiger partial charge in [-0.1, -0.05) is 77.7 Å². The Hall–Kier alpha value is -2.16. The van der Waals surface area contributed by atoms with Crippen molar-refractivity contribution in [3.05, 3.63) is 48.2 Å². The molecule has 0 spiro atoms. The van der Waals surface area contributed by atoms with Gasteiger partial charge in [-0.25, -0.2) is 0 Å². The molecule has 3 nitrogen and oxygen atoms in total. The summed E-state index contributed by atoms with van der Waals surface area (Å²) < 4.78 is 5.46. The van der Waals surface area contributed by atoms with Gasteiger partial charge in [0.25, 0.3) is 0 Å². The average Bonchev–Trinajstić information content (AvgIpc) is 2.77. The molecular weight excluding hydrogens is 370 g/mol. The number of carbonyl (C=O) groups excluding carboxylic acids is 1. The third-order valence-electron chi connectivity index (χ3n) is 5.51. The molecule has 0 N–H and O–H groups in total. The molecule has 30 heavy (non-hydrogen) atoms. The van der Waals surface area contributed by atoms with E-state index >= 15 is 0 Å². The quantitative estimate of drug-likeness (QED) is 0.170. The molecule has 1 aromatic carbocycles. The lowest BCUT2D eigenvalue weighted by molar-refractivity contribution is -0.134. The molecule has 0 amide bonds. The minimum atomic E-state index is -0.139. The second-order valence-corrected chi connectivity index (χ2v) is 8.23. The molecule has 0 aliphatic heterocycles. The van der Waals surface area contributed by atoms with E-state index in [9.17, 15) is 4.79 Å². The summed E-state index contributed by atoms with van der Waals surface area (Å²) >= 11 is 0. The van der Waals surface area contributed by atoms with Crippen LogP contribution in [-0.2, 0) is 11.2 Å². The van der Waals surface area contributed by atoms with Crippen LogP contribution in [0.15, 0.2) is 42.6 Å². The van der Waals surface area contributed by atoms with Gasteiger partial charge in [0.05, 0.1) is 5.69 Å². The number of carbonyl (C=O) groups is 1. The minimum absolute atomic E-state index is 0.139. The van der Waals surface area contributed by atoms with Crippen molar-refractivity contribution in [2.24, 2.45) is 0 Å². The highest BCUT2D eigenvalue weighted by atomic mass is 16.5. The Morgan fingerprint density at radius 3 is 2.03 bits per heavy atom. The number of nitrogens with zero attached hydrogens (tertiary/aromatic N) is 1. The summed E-state index contributed by atoms with van der Waals surface area (Å²) in [7, 11) is 0. The molecule has 1 heterocycles. The van der Waals surface area contributed by atoms with Gasteiger partial charge >= 0.3 is 5.97 Å². The first kappa shape index (κ1) is 24.1. The summed E-state index contributed by atoms with van der Waals surface area (Å²) in [6, 6.07) is 11.9. The van der Waals surface area contributed by atoms with Crippen LogP contribution >= 0.6 is 0 Å². The van der Waals surface area contributed by atoms with Gasteiger partial charge in [-0.15, -0.1) is 0 Å². The van der Waals surface area contributed by atoms with Crippen LogP contribution in [0.4, 0.5) is 0 Å². The van der Waals surface area contributed by atoms with Crippen LogP contribution in [0.3, 0.4) is 0 Å². The molecule has 0 aliphatic rings. The van der Waals surface area contributed by atoms with Crippen LogP contribution in [-0.4, -0.2) is 11.0 Å². The Labute approximate surface area is 183 Å². The standard InChI is InChI=1S/C27H39NO2/c1-3-5-7-9-11-13-15-27(29)30-25-19-17-24(18-20-25)26-21-16-23(22-28-26)14-12-10-8-6-4-2/h16-22H,3-15H2,1-2H3. The smallest absolute Gasteiger partial charge is 0.311 e. The predicted octanol–water partition coefficient (Wildman–Crippen LogP) is 7.92. The van der Waals surface area contributed by atoms with Crippen LogP contribution in [0.2, 0.25) is 0 Å². The molecule has 0 saturated heterocycles. The predicted molar refractivity (Wildman–Crippen MR) is 126 cm³/mol. The fourth-order valence-corrected chi connectivity index (χ4v) is 3.60. The Bertz CT molecular complexity index is 707. The highest BCUT2D eigenvalue weighted by Gasteiger charge is 2.06. The van der Waals surface area contributed by atoms with Crippen molar-refractivity contribution in [1.29, 1.82) is 0 Å². The molecule has 0 saturated carbocycles. The summed E-state index contributed by atoms with van der Waals surface area (Å²) in [5.41, 5.74) is 3.30. The Balaban J connectivity index is 1.73. The van der Waals surface area contributed by atoms with Crippen LogP contribution in [0.25, 0.3) is 11.3 Å². The third-order valence-corrected chi connectivity index (χ3v) is 5.51. The lowest BCUT2D eigenvalue weighted by Gasteiger charge is -2.07. The van der Waals surface area contributed by atoms with Crippen LogP contribution in [0, 0.1) is 0 Å². The van der Waals surface area contributed by atoms with Gasteiger partial charge in [0.2, 0.25) is 0 Å². The summed E-state index contributed by atoms with van der Waals surface area (Å²) in [4.78, 5) is 16.6. The van der Waals surface area contributed by atoms with Crippen molar-refractivity contribution in [2.45, 2.75) is 97.3 Å². The SMILES string of the molecule is CCCCCCCCC(=O)Oc1ccc(-c2ccc(CCCCCCC)cn2)cc1. The van der Waals surface area contributed by atoms with Crippen LogP contribution in [0.1, 0.15) is 96.5 Å². The first-order valence-corrected chi connectivity index (χ1v) is 12.0. The zero-order chi connectivity index (χ0) is 21.4. The minimum Gasteiger partial charge on any atom is -0.427 e. The maximum atomic E-state index is 12.0. The van der Waals surface area contributed by atoms with Crippen molar-refractivity contribution in [2.75, 3.05) is 0 Å². The Morgan fingerprint density at radius 2 is 1.40 bits per heavy atom. The van der Waals surface area contributed by atoms with E-state index in [1.165, 1.54) is 63.4 Å². The molecule has 0 aliphatic carbocycles. The Morgan fingerprint density at radius 1 is 0.767 bits per heavy atom. The number of aryl methyl sites for hydroxylation is 1. The van der Waals surface area contributed by atoms with Gasteiger partial charge in [-0.2, -0.15) is 0 Å². The normalized spacial score (nSPS) is 10.9. The third kappa shape index (κ3) is 9.56. The molecule has 0 bridgehead atoms. The lowest BCUT2D eigenvalue weighted by Crippen LogP contribution is -2.07. The van der Waals surface area contributed by atoms with Crippen molar-refractivity contribution in [3.63, 3.8) is 0 Å². The van der Waals surface area contributed by atoms with Crippen molar-refractivity contribution >= 4 is 5.97 Å². The summed E-state index contributed by atoms with van der Waals surface area (Å²) in [5.74, 6) is 0.470. The summed E-state index contributed by atoms with van der Waals surface area (Å²) in [5, 5.41) is 0. The van der Waals surface area contributed by atoms with E-state index in [2.05, 4.69) is 31.0 Å². The molecule has 164 valence electrons. The van der Waals surface area contributed by atoms with E-state index in [0.29, 0.717) is 12.2 Å². The second-order valence-electron chi connectivity index (χ2n) is 8.23. The number of unbranched alkanes of at least 4 members (excludes halogenated alkanes) is 9. The van der Waals surface area contributed by atoms with Crippen molar-refractivity contribution < 1.29 is 9.53 Å². The number of hydrogen-bond acceptors (Lipinski definition) is 3. The van der Waals surface area contributed by atoms with E-state index in [1.807, 2.05) is 30.5 Å². The van der Waals surface area contributed by atoms with E-state index < -0.39 is 0 Å². The van der Waals surface area contributed by atoms with E-state index in [1.54, 1.807) is 0 Å². The molecule has 3 heteroatoms. The molecular formula is C27H39NO2. The van der Waals surface area contributed by atoms with E-state index in [0.717, 1.165) is 30.5 Å². The topological polar surface area (TPSA) is 39.2 Å². The lowest BCUT2D eigenvalue weighted by atomic mass is 10.1. The van der Waals surface area contributed by atoms with Crippen LogP contribution in [0.5, 0.6) is 5.75 Å². The number of esters is 1. The van der Waals surface area contributed by atoms with Gasteiger partial charge in [0.1, 0.15) is 5.75 Å². The fourth-order valence-electron chi connectivity index (χ4n) is 3.60. The molecule has 2 aromatic rings. The van der Waals surface area contributed by atoms with Gasteiger partial charge in [-0.05, 0) is 55.2 Å². The largest absolute Gasteiger partial charge is 0.427 e. The maximum absolute atomic E-state index is 12.0. The number of benzene rings is 1. The zero-order valence-electron chi connectivity index (χ0n) is 19.0. The number of ether oxygens (including phenoxy) is 1. The second kappa shape index (κ2) is 14.8. The van der Waals surface area contributed by atoms with Crippen molar-refractivity contribution in [3.8, 4) is 17.0 Å². The molecule has 0 radical (unpaired) electrons. The first-order valence-electron chi connectivity index (χ1n) is 12.0. The number of aromatic nitrogens is 1. The molecule has 0 unspecified atom stereocenters. The van der Waals surface area contributed by atoms with E-state index in [4.69, 9.17) is 4.74 Å². The highest BCUT2D eigenvalue weighted by molar-refractivity contribution is 5.72. The summed E-state index contributed by atoms with van der Waals surface area (Å²) in [6.45, 7) is 4.46. The van der Waals surface area contributed by atoms with Gasteiger partial charge in [0.15, 0.2) is 0 Å². The van der Waals surface area contributed by atoms with Crippen LogP contribution < -0.4 is 4.74 Å². The molecule has 0 fully saturated rings. The average molecular weight is 410 g/mol. The van der Waals surface area contributed by atoms with E-state index in [-0.39, 0.29) is 5.97 Å². The molecule has 2 rings (SSSR count). The number of hydrogen-bond donors (Lipinski definition) is 0. The van der Waals surface area contributed by atoms with Gasteiger partial charge in [-0.3, -0.25) is 9.78 Å². The molecule has 0 atom stereocenters. The number of rotatable bonds is 15. The van der Waals surface area contributed by atoms with Crippen molar-refractivity contribution in [1.82, 2.24) is 4.98 Å². The van der Waals surface area contributed by atoms with Gasteiger partial charge in [0, 0.05) is 18.2 Å². The van der Waals surface area contributed by atoms with Gasteiger partial charge < -0.3 is 4.74 Å². The Kier molecular flexibility index (Phi) is 11.9. The monoisotopic (exact) mass is 409 g/mol. The first-order chi connectivity index (χ1) is 14.7. The number of pyridine rings is 1.